The third-order valence-electron chi connectivity index (χ3n) is 5.82. The van der Waals surface area contributed by atoms with E-state index in [9.17, 15) is 9.59 Å². The van der Waals surface area contributed by atoms with E-state index in [4.69, 9.17) is 46.4 Å². The maximum absolute atomic E-state index is 13.3. The second-order valence-corrected chi connectivity index (χ2v) is 8.86. The van der Waals surface area contributed by atoms with Gasteiger partial charge in [-0.05, 0) is 44.5 Å². The van der Waals surface area contributed by atoms with E-state index in [0.717, 1.165) is 32.3 Å². The second-order valence-electron chi connectivity index (χ2n) is 7.32. The minimum absolute atomic E-state index is 0.0114. The van der Waals surface area contributed by atoms with Crippen LogP contribution >= 0.6 is 46.4 Å². The quantitative estimate of drug-likeness (QED) is 0.130. The molecule has 0 saturated heterocycles. The molecule has 0 spiro atoms. The van der Waals surface area contributed by atoms with Crippen LogP contribution in [0.15, 0.2) is 58.1 Å². The largest absolute Gasteiger partial charge is 0.285 e. The smallest absolute Gasteiger partial charge is 0.246 e. The number of benzene rings is 6. The molecule has 6 aromatic carbocycles. The Morgan fingerprint density at radius 1 is 0.500 bits per heavy atom. The first-order valence-corrected chi connectivity index (χ1v) is 10.6. The first-order valence-electron chi connectivity index (χ1n) is 9.06. The van der Waals surface area contributed by atoms with Crippen molar-refractivity contribution in [2.45, 2.75) is 0 Å². The highest BCUT2D eigenvalue weighted by molar-refractivity contribution is 6.54. The van der Waals surface area contributed by atoms with Crippen molar-refractivity contribution in [3.8, 4) is 0 Å². The summed E-state index contributed by atoms with van der Waals surface area (Å²) in [7, 11) is 0. The lowest BCUT2D eigenvalue weighted by atomic mass is 9.86. The first kappa shape index (κ1) is 18.4. The monoisotopic (exact) mass is 468 g/mol. The van der Waals surface area contributed by atoms with Gasteiger partial charge < -0.3 is 0 Å². The Labute approximate surface area is 188 Å². The predicted octanol–water partition coefficient (Wildman–Crippen LogP) is 7.66. The van der Waals surface area contributed by atoms with Crippen molar-refractivity contribution in [1.82, 2.24) is 0 Å². The summed E-state index contributed by atoms with van der Waals surface area (Å²) in [5.74, 6) is 0. The van der Waals surface area contributed by atoms with Crippen LogP contribution in [0.1, 0.15) is 0 Å². The van der Waals surface area contributed by atoms with E-state index in [1.165, 1.54) is 0 Å². The predicted molar refractivity (Wildman–Crippen MR) is 129 cm³/mol. The third-order valence-corrected chi connectivity index (χ3v) is 7.44. The summed E-state index contributed by atoms with van der Waals surface area (Å²) in [5, 5.41) is 7.39. The zero-order valence-electron chi connectivity index (χ0n) is 14.9. The molecule has 30 heavy (non-hydrogen) atoms. The van der Waals surface area contributed by atoms with E-state index in [2.05, 4.69) is 6.07 Å². The Morgan fingerprint density at radius 2 is 1.13 bits per heavy atom. The van der Waals surface area contributed by atoms with Gasteiger partial charge in [0.2, 0.25) is 10.9 Å². The van der Waals surface area contributed by atoms with Gasteiger partial charge in [0, 0.05) is 21.5 Å². The van der Waals surface area contributed by atoms with E-state index < -0.39 is 10.9 Å². The van der Waals surface area contributed by atoms with Gasteiger partial charge in [0.15, 0.2) is 0 Å². The summed E-state index contributed by atoms with van der Waals surface area (Å²) in [4.78, 5) is 25.9. The standard InChI is InChI=1S/C24H8Cl4O2/c25-13-8-11-6-5-10-7-9-3-1-2-4-12(9)16-14(10)15(11)17(20(13)26)18-19(16)23(29)24(30)22(28)21(18)27/h1-8H. The number of hydrogen-bond donors (Lipinski definition) is 0. The molecule has 6 heteroatoms. The van der Waals surface area contributed by atoms with Gasteiger partial charge in [-0.25, -0.2) is 0 Å². The molecule has 0 saturated carbocycles. The topological polar surface area (TPSA) is 34.1 Å². The van der Waals surface area contributed by atoms with Crippen LogP contribution in [0.4, 0.5) is 0 Å². The normalized spacial score (nSPS) is 12.3. The number of fused-ring (bicyclic) bond motifs is 5. The Morgan fingerprint density at radius 3 is 1.90 bits per heavy atom. The van der Waals surface area contributed by atoms with Crippen molar-refractivity contribution in [1.29, 1.82) is 0 Å². The molecular formula is C24H8Cl4O2. The van der Waals surface area contributed by atoms with Crippen molar-refractivity contribution < 1.29 is 0 Å². The number of hydrogen-bond acceptors (Lipinski definition) is 2. The highest BCUT2D eigenvalue weighted by Crippen LogP contribution is 2.48. The van der Waals surface area contributed by atoms with Crippen molar-refractivity contribution in [3.05, 3.63) is 89.1 Å². The van der Waals surface area contributed by atoms with Gasteiger partial charge >= 0.3 is 0 Å². The fourth-order valence-electron chi connectivity index (χ4n) is 4.61. The van der Waals surface area contributed by atoms with Crippen LogP contribution in [0.2, 0.25) is 20.1 Å². The number of halogens is 4. The number of rotatable bonds is 0. The molecule has 144 valence electrons. The molecule has 0 aliphatic carbocycles. The van der Waals surface area contributed by atoms with Crippen LogP contribution in [0.25, 0.3) is 53.9 Å². The molecule has 0 atom stereocenters. The second kappa shape index (κ2) is 6.09. The fraction of sp³-hybridized carbons (Fsp3) is 0. The Hall–Kier alpha value is -2.36. The van der Waals surface area contributed by atoms with Gasteiger partial charge in [0.1, 0.15) is 5.02 Å². The van der Waals surface area contributed by atoms with Crippen molar-refractivity contribution >= 4 is 100 Å². The third kappa shape index (κ3) is 2.12. The van der Waals surface area contributed by atoms with Crippen molar-refractivity contribution in [2.24, 2.45) is 0 Å². The maximum Gasteiger partial charge on any atom is 0.246 e. The van der Waals surface area contributed by atoms with Gasteiger partial charge in [-0.15, -0.1) is 0 Å². The summed E-state index contributed by atoms with van der Waals surface area (Å²) >= 11 is 25.8. The van der Waals surface area contributed by atoms with E-state index in [0.29, 0.717) is 21.2 Å². The average molecular weight is 470 g/mol. The van der Waals surface area contributed by atoms with Crippen molar-refractivity contribution in [2.75, 3.05) is 0 Å². The maximum atomic E-state index is 13.3. The van der Waals surface area contributed by atoms with Gasteiger partial charge in [0.05, 0.1) is 15.1 Å². The molecule has 0 aromatic heterocycles. The fourth-order valence-corrected chi connectivity index (χ4v) is 5.52. The molecule has 0 N–H and O–H groups in total. The van der Waals surface area contributed by atoms with Crippen LogP contribution in [-0.4, -0.2) is 0 Å². The molecule has 0 amide bonds. The van der Waals surface area contributed by atoms with E-state index in [1.54, 1.807) is 6.07 Å². The van der Waals surface area contributed by atoms with Crippen LogP contribution in [0.5, 0.6) is 0 Å². The lowest BCUT2D eigenvalue weighted by Crippen LogP contribution is -2.25. The van der Waals surface area contributed by atoms with Crippen LogP contribution < -0.4 is 10.9 Å². The molecule has 0 unspecified atom stereocenters. The average Bonchev–Trinajstić information content (AvgIpc) is 2.75. The van der Waals surface area contributed by atoms with E-state index in [1.807, 2.05) is 36.4 Å². The minimum atomic E-state index is -0.824. The molecule has 2 nitrogen and oxygen atoms in total. The Bertz CT molecular complexity index is 1830. The SMILES string of the molecule is O=c1c(Cl)c(Cl)c2c3c(Cl)c(Cl)cc4ccc5cc6ccccc6c(c2c1=O)c5c43. The molecule has 0 bridgehead atoms. The molecule has 0 radical (unpaired) electrons. The molecule has 0 heterocycles. The van der Waals surface area contributed by atoms with Gasteiger partial charge in [0.25, 0.3) is 0 Å². The van der Waals surface area contributed by atoms with Crippen molar-refractivity contribution in [3.63, 3.8) is 0 Å². The summed E-state index contributed by atoms with van der Waals surface area (Å²) in [5.41, 5.74) is -1.52. The highest BCUT2D eigenvalue weighted by atomic mass is 35.5. The highest BCUT2D eigenvalue weighted by Gasteiger charge is 2.25. The zero-order chi connectivity index (χ0) is 20.9. The van der Waals surface area contributed by atoms with Gasteiger partial charge in [-0.1, -0.05) is 82.8 Å². The summed E-state index contributed by atoms with van der Waals surface area (Å²) < 4.78 is 0. The molecule has 0 fully saturated rings. The molecule has 6 rings (SSSR count). The van der Waals surface area contributed by atoms with Crippen LogP contribution in [0.3, 0.4) is 0 Å². The zero-order valence-corrected chi connectivity index (χ0v) is 18.0. The lowest BCUT2D eigenvalue weighted by molar-refractivity contribution is 1.55. The molecular weight excluding hydrogens is 462 g/mol. The Kier molecular flexibility index (Phi) is 3.74. The van der Waals surface area contributed by atoms with Crippen LogP contribution in [0, 0.1) is 0 Å². The molecule has 0 aliphatic rings. The summed E-state index contributed by atoms with van der Waals surface area (Å²) in [6, 6.07) is 15.5. The Balaban J connectivity index is 2.21. The van der Waals surface area contributed by atoms with Gasteiger partial charge in [-0.2, -0.15) is 0 Å². The van der Waals surface area contributed by atoms with Crippen LogP contribution in [-0.2, 0) is 0 Å². The van der Waals surface area contributed by atoms with Gasteiger partial charge in [-0.3, -0.25) is 9.59 Å². The minimum Gasteiger partial charge on any atom is -0.285 e. The molecule has 0 aliphatic heterocycles. The van der Waals surface area contributed by atoms with E-state index in [-0.39, 0.29) is 20.5 Å². The lowest BCUT2D eigenvalue weighted by Gasteiger charge is -2.18. The summed E-state index contributed by atoms with van der Waals surface area (Å²) in [6.45, 7) is 0. The summed E-state index contributed by atoms with van der Waals surface area (Å²) in [6.07, 6.45) is 0. The van der Waals surface area contributed by atoms with E-state index >= 15 is 0 Å². The first-order chi connectivity index (χ1) is 14.4. The molecule has 6 aromatic rings.